The van der Waals surface area contributed by atoms with Gasteiger partial charge in [0.1, 0.15) is 12.4 Å². The van der Waals surface area contributed by atoms with Crippen molar-refractivity contribution < 1.29 is 4.57 Å². The molecule has 1 heterocycles. The first kappa shape index (κ1) is 17.9. The molecule has 0 bridgehead atoms. The first-order chi connectivity index (χ1) is 11.6. The van der Waals surface area contributed by atoms with Crippen LogP contribution >= 0.6 is 0 Å². The number of allylic oxidation sites excluding steroid dienone is 4. The van der Waals surface area contributed by atoms with Crippen molar-refractivity contribution in [3.63, 3.8) is 0 Å². The van der Waals surface area contributed by atoms with Crippen LogP contribution in [-0.2, 0) is 6.42 Å². The highest BCUT2D eigenvalue weighted by atomic mass is 15.1. The van der Waals surface area contributed by atoms with E-state index in [-0.39, 0.29) is 0 Å². The molecule has 0 amide bonds. The van der Waals surface area contributed by atoms with E-state index < -0.39 is 0 Å². The van der Waals surface area contributed by atoms with E-state index in [0.717, 1.165) is 18.8 Å². The maximum atomic E-state index is 4.44. The Morgan fingerprint density at radius 1 is 1.29 bits per heavy atom. The fourth-order valence-electron chi connectivity index (χ4n) is 2.83. The van der Waals surface area contributed by atoms with Gasteiger partial charge in [-0.15, -0.1) is 0 Å². The van der Waals surface area contributed by atoms with Gasteiger partial charge in [0, 0.05) is 26.6 Å². The van der Waals surface area contributed by atoms with Crippen LogP contribution in [0, 0.1) is 6.92 Å². The van der Waals surface area contributed by atoms with Gasteiger partial charge in [-0.05, 0) is 38.8 Å². The van der Waals surface area contributed by atoms with Gasteiger partial charge >= 0.3 is 0 Å². The molecule has 0 aliphatic rings. The largest absolute Gasteiger partial charge is 0.371 e. The minimum atomic E-state index is 0.942. The predicted octanol–water partition coefficient (Wildman–Crippen LogP) is 4.19. The zero-order chi connectivity index (χ0) is 17.5. The zero-order valence-electron chi connectivity index (χ0n) is 15.5. The molecule has 0 unspecified atom stereocenters. The Morgan fingerprint density at radius 2 is 2.08 bits per heavy atom. The summed E-state index contributed by atoms with van der Waals surface area (Å²) in [5, 5.41) is 0. The minimum absolute atomic E-state index is 0.942. The number of hydrogen-bond donors (Lipinski definition) is 0. The molecule has 0 aliphatic carbocycles. The average Bonchev–Trinajstić information content (AvgIpc) is 2.59. The molecular weight excluding hydrogens is 294 g/mol. The summed E-state index contributed by atoms with van der Waals surface area (Å²) < 4.78 is 2.16. The standard InChI is InChI=1S/C21H28N3/c1-6-8-11-17(3)16-19-12-9-13-20(21(19)23(5)7-2)24-15-10-14-22-18(24)4/h6,8-15H,7,16H2,1-5H3/q+1/b8-6-,17-11?. The lowest BCUT2D eigenvalue weighted by atomic mass is 10.0. The third-order valence-electron chi connectivity index (χ3n) is 4.19. The van der Waals surface area contributed by atoms with Crippen LogP contribution in [0.1, 0.15) is 32.2 Å². The molecule has 0 aliphatic heterocycles. The van der Waals surface area contributed by atoms with Crippen molar-refractivity contribution in [1.29, 1.82) is 0 Å². The van der Waals surface area contributed by atoms with E-state index in [0.29, 0.717) is 0 Å². The van der Waals surface area contributed by atoms with Crippen molar-refractivity contribution in [2.24, 2.45) is 0 Å². The second-order valence-corrected chi connectivity index (χ2v) is 6.05. The molecule has 1 aromatic carbocycles. The molecule has 2 aromatic rings. The predicted molar refractivity (Wildman–Crippen MR) is 102 cm³/mol. The number of nitrogens with zero attached hydrogens (tertiary/aromatic N) is 3. The highest BCUT2D eigenvalue weighted by Crippen LogP contribution is 2.27. The van der Waals surface area contributed by atoms with E-state index in [1.165, 1.54) is 22.5 Å². The molecule has 0 atom stereocenters. The van der Waals surface area contributed by atoms with Crippen LogP contribution in [0.3, 0.4) is 0 Å². The maximum absolute atomic E-state index is 4.44. The number of rotatable bonds is 6. The van der Waals surface area contributed by atoms with Crippen molar-refractivity contribution in [2.75, 3.05) is 18.5 Å². The molecular formula is C21H28N3+. The molecule has 1 aromatic heterocycles. The fraction of sp³-hybridized carbons (Fsp3) is 0.333. The molecule has 3 nitrogen and oxygen atoms in total. The van der Waals surface area contributed by atoms with Gasteiger partial charge in [0.25, 0.3) is 5.82 Å². The Morgan fingerprint density at radius 3 is 2.75 bits per heavy atom. The summed E-state index contributed by atoms with van der Waals surface area (Å²) in [6, 6.07) is 8.52. The SMILES string of the molecule is C/C=C\C=C(C)Cc1cccc(-[n+]2cccnc2C)c1N(C)CC. The third-order valence-corrected chi connectivity index (χ3v) is 4.19. The van der Waals surface area contributed by atoms with Gasteiger partial charge in [-0.2, -0.15) is 4.57 Å². The van der Waals surface area contributed by atoms with Gasteiger partial charge in [0.2, 0.25) is 0 Å². The zero-order valence-corrected chi connectivity index (χ0v) is 15.5. The third kappa shape index (κ3) is 4.10. The molecule has 0 spiro atoms. The summed E-state index contributed by atoms with van der Waals surface area (Å²) in [6.45, 7) is 9.42. The van der Waals surface area contributed by atoms with Crippen molar-refractivity contribution in [3.05, 3.63) is 71.8 Å². The smallest absolute Gasteiger partial charge is 0.300 e. The van der Waals surface area contributed by atoms with E-state index >= 15 is 0 Å². The Balaban J connectivity index is 2.57. The molecule has 0 saturated carbocycles. The molecule has 0 radical (unpaired) electrons. The summed E-state index contributed by atoms with van der Waals surface area (Å²) in [5.74, 6) is 0.988. The molecule has 0 fully saturated rings. The van der Waals surface area contributed by atoms with E-state index in [2.05, 4.69) is 78.0 Å². The van der Waals surface area contributed by atoms with Gasteiger partial charge in [-0.1, -0.05) is 40.9 Å². The number of hydrogen-bond acceptors (Lipinski definition) is 2. The Hall–Kier alpha value is -2.42. The first-order valence-electron chi connectivity index (χ1n) is 8.53. The van der Waals surface area contributed by atoms with Crippen LogP contribution < -0.4 is 9.47 Å². The van der Waals surface area contributed by atoms with Crippen LogP contribution in [0.4, 0.5) is 5.69 Å². The normalized spacial score (nSPS) is 12.0. The number of aromatic nitrogens is 2. The minimum Gasteiger partial charge on any atom is -0.371 e. The summed E-state index contributed by atoms with van der Waals surface area (Å²) in [4.78, 5) is 6.75. The molecule has 0 N–H and O–H groups in total. The topological polar surface area (TPSA) is 20.0 Å². The lowest BCUT2D eigenvalue weighted by Gasteiger charge is -2.23. The van der Waals surface area contributed by atoms with E-state index in [4.69, 9.17) is 0 Å². The highest BCUT2D eigenvalue weighted by Gasteiger charge is 2.18. The number of benzene rings is 1. The van der Waals surface area contributed by atoms with Crippen molar-refractivity contribution in [3.8, 4) is 5.69 Å². The summed E-state index contributed by atoms with van der Waals surface area (Å²) in [7, 11) is 2.15. The van der Waals surface area contributed by atoms with Gasteiger partial charge in [-0.3, -0.25) is 0 Å². The van der Waals surface area contributed by atoms with Crippen LogP contribution in [0.2, 0.25) is 0 Å². The summed E-state index contributed by atoms with van der Waals surface area (Å²) >= 11 is 0. The fourth-order valence-corrected chi connectivity index (χ4v) is 2.83. The van der Waals surface area contributed by atoms with E-state index in [1.54, 1.807) is 0 Å². The number of anilines is 1. The lowest BCUT2D eigenvalue weighted by Crippen LogP contribution is -2.37. The van der Waals surface area contributed by atoms with Crippen molar-refractivity contribution >= 4 is 5.69 Å². The summed E-state index contributed by atoms with van der Waals surface area (Å²) in [6.07, 6.45) is 11.2. The Kier molecular flexibility index (Phi) is 6.30. The van der Waals surface area contributed by atoms with Crippen molar-refractivity contribution in [2.45, 2.75) is 34.1 Å². The van der Waals surface area contributed by atoms with Crippen LogP contribution in [0.15, 0.2) is 60.5 Å². The molecule has 126 valence electrons. The first-order valence-corrected chi connectivity index (χ1v) is 8.53. The lowest BCUT2D eigenvalue weighted by molar-refractivity contribution is -0.605. The average molecular weight is 322 g/mol. The quantitative estimate of drug-likeness (QED) is 0.587. The van der Waals surface area contributed by atoms with Gasteiger partial charge in [-0.25, -0.2) is 0 Å². The van der Waals surface area contributed by atoms with Crippen LogP contribution in [0.5, 0.6) is 0 Å². The summed E-state index contributed by atoms with van der Waals surface area (Å²) in [5.41, 5.74) is 5.14. The second kappa shape index (κ2) is 8.44. The Bertz CT molecular complexity index is 744. The molecule has 3 heteroatoms. The van der Waals surface area contributed by atoms with E-state index in [1.807, 2.05) is 26.1 Å². The Labute approximate surface area is 146 Å². The van der Waals surface area contributed by atoms with Gasteiger partial charge in [0.05, 0.1) is 5.69 Å². The van der Waals surface area contributed by atoms with Crippen LogP contribution in [-0.4, -0.2) is 18.6 Å². The van der Waals surface area contributed by atoms with Gasteiger partial charge < -0.3 is 4.90 Å². The molecule has 24 heavy (non-hydrogen) atoms. The monoisotopic (exact) mass is 322 g/mol. The maximum Gasteiger partial charge on any atom is 0.300 e. The van der Waals surface area contributed by atoms with Gasteiger partial charge in [0.15, 0.2) is 5.69 Å². The molecule has 0 saturated heterocycles. The van der Waals surface area contributed by atoms with E-state index in [9.17, 15) is 0 Å². The van der Waals surface area contributed by atoms with Crippen LogP contribution in [0.25, 0.3) is 5.69 Å². The number of aryl methyl sites for hydroxylation is 1. The number of para-hydroxylation sites is 1. The molecule has 2 rings (SSSR count). The second-order valence-electron chi connectivity index (χ2n) is 6.05. The highest BCUT2D eigenvalue weighted by molar-refractivity contribution is 5.64. The van der Waals surface area contributed by atoms with Crippen molar-refractivity contribution in [1.82, 2.24) is 4.98 Å².